The van der Waals surface area contributed by atoms with Crippen LogP contribution >= 0.6 is 12.2 Å². The van der Waals surface area contributed by atoms with E-state index in [4.69, 9.17) is 12.2 Å². The van der Waals surface area contributed by atoms with Crippen molar-refractivity contribution in [2.24, 2.45) is 0 Å². The molecule has 0 radical (unpaired) electrons. The van der Waals surface area contributed by atoms with Gasteiger partial charge in [0.05, 0.1) is 10.9 Å². The SMILES string of the molecule is C[C@@H](NC(=S)Nc1ccc(OC(F)F)cc1)c1ccc(S(C)(=O)=O)cc1. The molecule has 2 N–H and O–H groups in total. The van der Waals surface area contributed by atoms with E-state index >= 15 is 0 Å². The van der Waals surface area contributed by atoms with E-state index in [0.29, 0.717) is 10.8 Å². The van der Waals surface area contributed by atoms with Crippen LogP contribution in [-0.2, 0) is 9.84 Å². The van der Waals surface area contributed by atoms with Crippen LogP contribution < -0.4 is 15.4 Å². The highest BCUT2D eigenvalue weighted by atomic mass is 32.2. The molecular formula is C17H18F2N2O3S2. The Morgan fingerprint density at radius 1 is 1.08 bits per heavy atom. The number of sulfone groups is 1. The van der Waals surface area contributed by atoms with Crippen molar-refractivity contribution in [3.05, 3.63) is 54.1 Å². The van der Waals surface area contributed by atoms with Crippen LogP contribution in [0.25, 0.3) is 0 Å². The summed E-state index contributed by atoms with van der Waals surface area (Å²) in [5, 5.41) is 6.35. The standard InChI is InChI=1S/C17H18F2N2O3S2/c1-11(12-3-9-15(10-4-12)26(2,22)23)20-17(25)21-13-5-7-14(8-6-13)24-16(18)19/h3-11,16H,1-2H3,(H2,20,21,25)/t11-/m1/s1. The molecule has 0 aromatic heterocycles. The maximum atomic E-state index is 12.1. The van der Waals surface area contributed by atoms with Gasteiger partial charge in [-0.15, -0.1) is 0 Å². The average molecular weight is 400 g/mol. The first-order chi connectivity index (χ1) is 12.1. The minimum atomic E-state index is -3.24. The van der Waals surface area contributed by atoms with Crippen LogP contribution in [0.5, 0.6) is 5.75 Å². The fourth-order valence-electron chi connectivity index (χ4n) is 2.17. The summed E-state index contributed by atoms with van der Waals surface area (Å²) < 4.78 is 51.5. The molecule has 0 aliphatic heterocycles. The van der Waals surface area contributed by atoms with Crippen LogP contribution in [0.2, 0.25) is 0 Å². The van der Waals surface area contributed by atoms with Gasteiger partial charge >= 0.3 is 6.61 Å². The molecule has 0 aliphatic rings. The van der Waals surface area contributed by atoms with Gasteiger partial charge < -0.3 is 15.4 Å². The highest BCUT2D eigenvalue weighted by Crippen LogP contribution is 2.19. The van der Waals surface area contributed by atoms with E-state index in [1.165, 1.54) is 12.1 Å². The number of nitrogens with one attached hydrogen (secondary N) is 2. The van der Waals surface area contributed by atoms with Gasteiger partial charge in [-0.25, -0.2) is 8.42 Å². The molecule has 5 nitrogen and oxygen atoms in total. The predicted octanol–water partition coefficient (Wildman–Crippen LogP) is 3.74. The molecule has 140 valence electrons. The van der Waals surface area contributed by atoms with Crippen LogP contribution in [-0.4, -0.2) is 26.4 Å². The summed E-state index contributed by atoms with van der Waals surface area (Å²) in [5.41, 5.74) is 1.48. The topological polar surface area (TPSA) is 67.4 Å². The fourth-order valence-corrected chi connectivity index (χ4v) is 3.10. The largest absolute Gasteiger partial charge is 0.435 e. The molecule has 0 aliphatic carbocycles. The molecule has 2 rings (SSSR count). The minimum Gasteiger partial charge on any atom is -0.435 e. The molecular weight excluding hydrogens is 382 g/mol. The van der Waals surface area contributed by atoms with E-state index in [0.717, 1.165) is 11.8 Å². The van der Waals surface area contributed by atoms with Crippen molar-refractivity contribution in [3.8, 4) is 5.75 Å². The third-order valence-electron chi connectivity index (χ3n) is 3.49. The molecule has 0 saturated carbocycles. The lowest BCUT2D eigenvalue weighted by Crippen LogP contribution is -2.30. The predicted molar refractivity (Wildman–Crippen MR) is 100 cm³/mol. The van der Waals surface area contributed by atoms with Crippen LogP contribution in [0.1, 0.15) is 18.5 Å². The maximum absolute atomic E-state index is 12.1. The van der Waals surface area contributed by atoms with Crippen molar-refractivity contribution in [2.45, 2.75) is 24.5 Å². The third kappa shape index (κ3) is 5.92. The van der Waals surface area contributed by atoms with E-state index < -0.39 is 16.4 Å². The zero-order chi connectivity index (χ0) is 19.3. The number of hydrogen-bond donors (Lipinski definition) is 2. The Kier molecular flexibility index (Phi) is 6.49. The summed E-state index contributed by atoms with van der Waals surface area (Å²) in [6.45, 7) is -0.991. The monoisotopic (exact) mass is 400 g/mol. The van der Waals surface area contributed by atoms with Crippen LogP contribution in [0.3, 0.4) is 0 Å². The molecule has 0 fully saturated rings. The molecule has 0 unspecified atom stereocenters. The van der Waals surface area contributed by atoms with Crippen molar-refractivity contribution < 1.29 is 21.9 Å². The number of anilines is 1. The fraction of sp³-hybridized carbons (Fsp3) is 0.235. The van der Waals surface area contributed by atoms with E-state index in [9.17, 15) is 17.2 Å². The normalized spacial score (nSPS) is 12.5. The van der Waals surface area contributed by atoms with Gasteiger partial charge in [-0.05, 0) is 61.1 Å². The lowest BCUT2D eigenvalue weighted by molar-refractivity contribution is -0.0498. The molecule has 2 aromatic carbocycles. The number of hydrogen-bond acceptors (Lipinski definition) is 4. The Morgan fingerprint density at radius 3 is 2.15 bits per heavy atom. The molecule has 2 aromatic rings. The number of ether oxygens (including phenoxy) is 1. The summed E-state index contributed by atoms with van der Waals surface area (Å²) in [5.74, 6) is 0.0590. The Hall–Kier alpha value is -2.26. The Bertz CT molecular complexity index is 855. The lowest BCUT2D eigenvalue weighted by Gasteiger charge is -2.18. The summed E-state index contributed by atoms with van der Waals surface area (Å²) in [4.78, 5) is 0.250. The van der Waals surface area contributed by atoms with Crippen molar-refractivity contribution in [2.75, 3.05) is 11.6 Å². The molecule has 0 bridgehead atoms. The second-order valence-corrected chi connectivity index (χ2v) is 7.99. The van der Waals surface area contributed by atoms with E-state index in [1.54, 1.807) is 36.4 Å². The number of alkyl halides is 2. The molecule has 0 saturated heterocycles. The number of halogens is 2. The first kappa shape index (κ1) is 20.1. The maximum Gasteiger partial charge on any atom is 0.387 e. The van der Waals surface area contributed by atoms with Crippen molar-refractivity contribution in [1.29, 1.82) is 0 Å². The quantitative estimate of drug-likeness (QED) is 0.720. The van der Waals surface area contributed by atoms with Crippen LogP contribution in [0, 0.1) is 0 Å². The first-order valence-electron chi connectivity index (χ1n) is 7.57. The minimum absolute atomic E-state index is 0.0590. The summed E-state index contributed by atoms with van der Waals surface area (Å²) >= 11 is 5.23. The smallest absolute Gasteiger partial charge is 0.387 e. The number of thiocarbonyl (C=S) groups is 1. The second kappa shape index (κ2) is 8.41. The Labute approximate surface area is 156 Å². The van der Waals surface area contributed by atoms with Crippen molar-refractivity contribution in [1.82, 2.24) is 5.32 Å². The number of benzene rings is 2. The molecule has 0 amide bonds. The van der Waals surface area contributed by atoms with Gasteiger partial charge in [0.2, 0.25) is 0 Å². The summed E-state index contributed by atoms with van der Waals surface area (Å²) in [6.07, 6.45) is 1.15. The van der Waals surface area contributed by atoms with E-state index in [-0.39, 0.29) is 16.7 Å². The third-order valence-corrected chi connectivity index (χ3v) is 4.84. The highest BCUT2D eigenvalue weighted by Gasteiger charge is 2.11. The molecule has 26 heavy (non-hydrogen) atoms. The molecule has 9 heteroatoms. The van der Waals surface area contributed by atoms with Gasteiger partial charge in [0.1, 0.15) is 5.75 Å². The summed E-state index contributed by atoms with van der Waals surface area (Å²) in [6, 6.07) is 12.3. The van der Waals surface area contributed by atoms with Gasteiger partial charge in [0, 0.05) is 11.9 Å². The average Bonchev–Trinajstić information content (AvgIpc) is 2.55. The van der Waals surface area contributed by atoms with Gasteiger partial charge in [0.25, 0.3) is 0 Å². The Morgan fingerprint density at radius 2 is 1.65 bits per heavy atom. The zero-order valence-corrected chi connectivity index (χ0v) is 15.7. The van der Waals surface area contributed by atoms with E-state index in [2.05, 4.69) is 15.4 Å². The van der Waals surface area contributed by atoms with Gasteiger partial charge in [-0.3, -0.25) is 0 Å². The van der Waals surface area contributed by atoms with E-state index in [1.807, 2.05) is 6.92 Å². The number of rotatable bonds is 6. The van der Waals surface area contributed by atoms with Gasteiger partial charge in [-0.1, -0.05) is 12.1 Å². The Balaban J connectivity index is 1.94. The second-order valence-electron chi connectivity index (χ2n) is 5.56. The van der Waals surface area contributed by atoms with Crippen molar-refractivity contribution in [3.63, 3.8) is 0 Å². The zero-order valence-electron chi connectivity index (χ0n) is 14.1. The van der Waals surface area contributed by atoms with Gasteiger partial charge in [-0.2, -0.15) is 8.78 Å². The molecule has 0 spiro atoms. The van der Waals surface area contributed by atoms with Crippen molar-refractivity contribution >= 4 is 32.9 Å². The van der Waals surface area contributed by atoms with Gasteiger partial charge in [0.15, 0.2) is 14.9 Å². The molecule has 1 atom stereocenters. The highest BCUT2D eigenvalue weighted by molar-refractivity contribution is 7.90. The lowest BCUT2D eigenvalue weighted by atomic mass is 10.1. The van der Waals surface area contributed by atoms with Crippen LogP contribution in [0.4, 0.5) is 14.5 Å². The van der Waals surface area contributed by atoms with Crippen LogP contribution in [0.15, 0.2) is 53.4 Å². The summed E-state index contributed by atoms with van der Waals surface area (Å²) in [7, 11) is -3.24. The molecule has 0 heterocycles. The first-order valence-corrected chi connectivity index (χ1v) is 9.87.